The van der Waals surface area contributed by atoms with Gasteiger partial charge >= 0.3 is 5.82 Å². The topological polar surface area (TPSA) is 82.0 Å². The Balaban J connectivity index is 3.39. The zero-order valence-corrected chi connectivity index (χ0v) is 9.44. The Hall–Kier alpha value is -0.900. The van der Waals surface area contributed by atoms with Crippen molar-refractivity contribution in [3.63, 3.8) is 0 Å². The summed E-state index contributed by atoms with van der Waals surface area (Å²) in [5.74, 6) is -0.466. The molecule has 8 heteroatoms. The van der Waals surface area contributed by atoms with Gasteiger partial charge in [-0.1, -0.05) is 0 Å². The number of aromatic nitrogens is 1. The lowest BCUT2D eigenvalue weighted by atomic mass is 10.2. The van der Waals surface area contributed by atoms with E-state index < -0.39 is 17.2 Å². The number of hydrogen-bond acceptors (Lipinski definition) is 4. The summed E-state index contributed by atoms with van der Waals surface area (Å²) in [4.78, 5) is 13.1. The van der Waals surface area contributed by atoms with E-state index in [0.717, 1.165) is 6.20 Å². The van der Waals surface area contributed by atoms with Crippen molar-refractivity contribution < 1.29 is 13.7 Å². The van der Waals surface area contributed by atoms with Gasteiger partial charge < -0.3 is 15.8 Å². The number of nitrogens with two attached hydrogens (primary N) is 1. The summed E-state index contributed by atoms with van der Waals surface area (Å²) in [6.07, 6.45) is -1.90. The van der Waals surface area contributed by atoms with Gasteiger partial charge in [0.25, 0.3) is 6.43 Å². The van der Waals surface area contributed by atoms with Crippen molar-refractivity contribution in [1.82, 2.24) is 4.98 Å². The molecular weight excluding hydrogens is 323 g/mol. The summed E-state index contributed by atoms with van der Waals surface area (Å²) in [6.45, 7) is -0.192. The van der Waals surface area contributed by atoms with Crippen LogP contribution in [-0.4, -0.2) is 9.91 Å². The Morgan fingerprint density at radius 1 is 1.67 bits per heavy atom. The summed E-state index contributed by atoms with van der Waals surface area (Å²) < 4.78 is 24.9. The maximum Gasteiger partial charge on any atom is 0.369 e. The Bertz CT molecular complexity index is 400. The fraction of sp³-hybridized carbons (Fsp3) is 0.286. The Morgan fingerprint density at radius 3 is 2.67 bits per heavy atom. The first-order chi connectivity index (χ1) is 6.99. The molecule has 0 aliphatic heterocycles. The Kier molecular flexibility index (Phi) is 3.85. The van der Waals surface area contributed by atoms with Crippen molar-refractivity contribution in [3.8, 4) is 0 Å². The molecule has 0 saturated carbocycles. The molecule has 0 aromatic carbocycles. The van der Waals surface area contributed by atoms with Gasteiger partial charge in [0.2, 0.25) is 0 Å². The summed E-state index contributed by atoms with van der Waals surface area (Å²) in [7, 11) is 0. The normalized spacial score (nSPS) is 10.7. The lowest BCUT2D eigenvalue weighted by Crippen LogP contribution is -2.08. The molecule has 0 bridgehead atoms. The summed E-state index contributed by atoms with van der Waals surface area (Å²) >= 11 is 1.61. The van der Waals surface area contributed by atoms with E-state index >= 15 is 0 Å². The maximum absolute atomic E-state index is 12.4. The van der Waals surface area contributed by atoms with Crippen molar-refractivity contribution in [2.45, 2.75) is 13.0 Å². The zero-order valence-electron chi connectivity index (χ0n) is 7.28. The van der Waals surface area contributed by atoms with Gasteiger partial charge in [-0.05, 0) is 32.5 Å². The summed E-state index contributed by atoms with van der Waals surface area (Å²) in [6, 6.07) is 0. The fourth-order valence-electron chi connectivity index (χ4n) is 1.03. The van der Waals surface area contributed by atoms with Crippen LogP contribution in [0.25, 0.3) is 0 Å². The molecule has 1 aromatic heterocycles. The van der Waals surface area contributed by atoms with Gasteiger partial charge in [-0.3, -0.25) is 0 Å². The third-order valence-electron chi connectivity index (χ3n) is 1.73. The molecule has 0 unspecified atom stereocenters. The van der Waals surface area contributed by atoms with Crippen LogP contribution in [0.15, 0.2) is 6.20 Å². The minimum Gasteiger partial charge on any atom is -0.358 e. The highest BCUT2D eigenvalue weighted by Gasteiger charge is 2.24. The second-order valence-electron chi connectivity index (χ2n) is 2.59. The van der Waals surface area contributed by atoms with E-state index in [1.165, 1.54) is 0 Å². The van der Waals surface area contributed by atoms with Crippen molar-refractivity contribution >= 4 is 28.4 Å². The lowest BCUT2D eigenvalue weighted by Gasteiger charge is -2.06. The number of hydrogen-bond donors (Lipinski definition) is 1. The predicted molar refractivity (Wildman–Crippen MR) is 56.5 cm³/mol. The van der Waals surface area contributed by atoms with Gasteiger partial charge in [0.1, 0.15) is 6.20 Å². The minimum absolute atomic E-state index is 0.0402. The fourth-order valence-corrected chi connectivity index (χ4v) is 1.86. The van der Waals surface area contributed by atoms with Crippen LogP contribution in [-0.2, 0) is 6.54 Å². The second-order valence-corrected chi connectivity index (χ2v) is 3.67. The molecule has 0 amide bonds. The molecule has 0 fully saturated rings. The van der Waals surface area contributed by atoms with Gasteiger partial charge in [0.15, 0.2) is 0 Å². The van der Waals surface area contributed by atoms with Crippen LogP contribution in [0.5, 0.6) is 0 Å². The van der Waals surface area contributed by atoms with Crippen LogP contribution in [0.1, 0.15) is 17.6 Å². The molecule has 1 heterocycles. The molecule has 0 spiro atoms. The number of rotatable bonds is 3. The van der Waals surface area contributed by atoms with Crippen molar-refractivity contribution in [3.05, 3.63) is 31.0 Å². The number of alkyl halides is 2. The molecule has 1 aromatic rings. The first-order valence-electron chi connectivity index (χ1n) is 3.79. The largest absolute Gasteiger partial charge is 0.369 e. The minimum atomic E-state index is -2.71. The van der Waals surface area contributed by atoms with Crippen LogP contribution in [0.2, 0.25) is 0 Å². The second kappa shape index (κ2) is 4.75. The molecule has 0 aliphatic carbocycles. The van der Waals surface area contributed by atoms with Crippen LogP contribution in [0, 0.1) is 13.7 Å². The van der Waals surface area contributed by atoms with Crippen molar-refractivity contribution in [1.29, 1.82) is 0 Å². The van der Waals surface area contributed by atoms with E-state index in [-0.39, 0.29) is 21.2 Å². The van der Waals surface area contributed by atoms with Gasteiger partial charge in [0.05, 0.1) is 11.1 Å². The average molecular weight is 329 g/mol. The van der Waals surface area contributed by atoms with Crippen LogP contribution in [0.4, 0.5) is 14.6 Å². The van der Waals surface area contributed by atoms with Crippen LogP contribution >= 0.6 is 22.6 Å². The maximum atomic E-state index is 12.4. The molecule has 0 saturated heterocycles. The van der Waals surface area contributed by atoms with E-state index in [1.807, 2.05) is 0 Å². The van der Waals surface area contributed by atoms with Crippen molar-refractivity contribution in [2.75, 3.05) is 0 Å². The molecule has 0 radical (unpaired) electrons. The Labute approximate surface area is 97.0 Å². The van der Waals surface area contributed by atoms with E-state index in [1.54, 1.807) is 22.6 Å². The molecule has 5 nitrogen and oxygen atoms in total. The third-order valence-corrected chi connectivity index (χ3v) is 3.00. The van der Waals surface area contributed by atoms with Gasteiger partial charge in [0, 0.05) is 10.1 Å². The number of nitro groups is 1. The van der Waals surface area contributed by atoms with E-state index in [9.17, 15) is 18.9 Å². The van der Waals surface area contributed by atoms with Gasteiger partial charge in [-0.25, -0.2) is 8.78 Å². The van der Waals surface area contributed by atoms with Gasteiger partial charge in [-0.15, -0.1) is 0 Å². The van der Waals surface area contributed by atoms with E-state index in [2.05, 4.69) is 4.98 Å². The number of nitrogens with zero attached hydrogens (tertiary/aromatic N) is 2. The monoisotopic (exact) mass is 329 g/mol. The third kappa shape index (κ3) is 2.37. The SMILES string of the molecule is NCc1c([N+](=O)[O-])ncc(C(F)F)c1I. The van der Waals surface area contributed by atoms with E-state index in [0.29, 0.717) is 0 Å². The molecule has 0 aliphatic rings. The summed E-state index contributed by atoms with van der Waals surface area (Å²) in [5, 5.41) is 10.5. The molecule has 0 atom stereocenters. The first-order valence-corrected chi connectivity index (χ1v) is 4.86. The standard InChI is InChI=1S/C7H6F2IN3O2/c8-6(9)4-2-12-7(13(14)15)3(1-11)5(4)10/h2,6H,1,11H2. The van der Waals surface area contributed by atoms with Crippen LogP contribution < -0.4 is 5.73 Å². The molecule has 2 N–H and O–H groups in total. The smallest absolute Gasteiger partial charge is 0.358 e. The molecule has 82 valence electrons. The zero-order chi connectivity index (χ0) is 11.6. The average Bonchev–Trinajstić information content (AvgIpc) is 2.16. The quantitative estimate of drug-likeness (QED) is 0.522. The van der Waals surface area contributed by atoms with Crippen molar-refractivity contribution in [2.24, 2.45) is 5.73 Å². The molecule has 15 heavy (non-hydrogen) atoms. The molecule has 1 rings (SSSR count). The first kappa shape index (κ1) is 12.2. The highest BCUT2D eigenvalue weighted by molar-refractivity contribution is 14.1. The van der Waals surface area contributed by atoms with Crippen LogP contribution in [0.3, 0.4) is 0 Å². The predicted octanol–water partition coefficient (Wildman–Crippen LogP) is 1.99. The highest BCUT2D eigenvalue weighted by Crippen LogP contribution is 2.30. The lowest BCUT2D eigenvalue weighted by molar-refractivity contribution is -0.390. The molecular formula is C7H6F2IN3O2. The van der Waals surface area contributed by atoms with E-state index in [4.69, 9.17) is 5.73 Å². The van der Waals surface area contributed by atoms with Gasteiger partial charge in [-0.2, -0.15) is 0 Å². The Morgan fingerprint density at radius 2 is 2.27 bits per heavy atom. The highest BCUT2D eigenvalue weighted by atomic mass is 127. The summed E-state index contributed by atoms with van der Waals surface area (Å²) in [5.41, 5.74) is 4.97. The number of halogens is 3. The number of pyridine rings is 1.